The summed E-state index contributed by atoms with van der Waals surface area (Å²) >= 11 is 2.13. The van der Waals surface area contributed by atoms with Crippen molar-refractivity contribution in [3.63, 3.8) is 0 Å². The van der Waals surface area contributed by atoms with E-state index in [1.54, 1.807) is 0 Å². The third-order valence-electron chi connectivity index (χ3n) is 2.73. The number of likely N-dealkylation sites (tertiary alicyclic amines) is 1. The minimum atomic E-state index is 0.640. The molecule has 2 N–H and O–H groups in total. The van der Waals surface area contributed by atoms with E-state index in [0.29, 0.717) is 6.54 Å². The summed E-state index contributed by atoms with van der Waals surface area (Å²) in [5.74, 6) is 1.32. The zero-order valence-corrected chi connectivity index (χ0v) is 8.15. The van der Waals surface area contributed by atoms with Gasteiger partial charge < -0.3 is 5.73 Å². The van der Waals surface area contributed by atoms with Gasteiger partial charge in [-0.15, -0.1) is 0 Å². The largest absolute Gasteiger partial charge is 0.327 e. The molecule has 0 amide bonds. The minimum absolute atomic E-state index is 0.640. The van der Waals surface area contributed by atoms with Gasteiger partial charge in [0.15, 0.2) is 0 Å². The predicted octanol–water partition coefficient (Wildman–Crippen LogP) is 0.691. The highest BCUT2D eigenvalue weighted by atomic mass is 32.2. The molecule has 68 valence electrons. The van der Waals surface area contributed by atoms with Crippen LogP contribution in [0.5, 0.6) is 0 Å². The normalized spacial score (nSPS) is 34.4. The summed E-state index contributed by atoms with van der Waals surface area (Å²) in [6.45, 7) is 6.87. The van der Waals surface area contributed by atoms with Gasteiger partial charge in [0.05, 0.1) is 0 Å². The molecule has 0 saturated carbocycles. The maximum Gasteiger partial charge on any atom is 0.0206 e. The average molecular weight is 184 g/mol. The van der Waals surface area contributed by atoms with Gasteiger partial charge >= 0.3 is 0 Å². The Bertz CT molecular complexity index is 193. The summed E-state index contributed by atoms with van der Waals surface area (Å²) in [5.41, 5.74) is 6.69. The van der Waals surface area contributed by atoms with Gasteiger partial charge in [0.1, 0.15) is 0 Å². The molecule has 12 heavy (non-hydrogen) atoms. The standard InChI is InChI=1S/C9H16N2S/c1-7(3-10)4-11-5-9-2-8(11)6-12-9/h8-9H,1-6,10H2. The SMILES string of the molecule is C=C(CN)CN1CC2CC1CS2. The monoisotopic (exact) mass is 184 g/mol. The number of hydrogen-bond donors (Lipinski definition) is 1. The van der Waals surface area contributed by atoms with Crippen LogP contribution in [-0.2, 0) is 0 Å². The first-order chi connectivity index (χ1) is 5.79. The van der Waals surface area contributed by atoms with Gasteiger partial charge in [-0.1, -0.05) is 6.58 Å². The fourth-order valence-electron chi connectivity index (χ4n) is 2.02. The topological polar surface area (TPSA) is 29.3 Å². The minimum Gasteiger partial charge on any atom is -0.327 e. The highest BCUT2D eigenvalue weighted by Crippen LogP contribution is 2.37. The first-order valence-corrected chi connectivity index (χ1v) is 5.57. The van der Waals surface area contributed by atoms with Crippen LogP contribution in [0.15, 0.2) is 12.2 Å². The van der Waals surface area contributed by atoms with E-state index in [9.17, 15) is 0 Å². The molecule has 0 radical (unpaired) electrons. The lowest BCUT2D eigenvalue weighted by Gasteiger charge is -2.26. The summed E-state index contributed by atoms with van der Waals surface area (Å²) < 4.78 is 0. The first-order valence-electron chi connectivity index (χ1n) is 4.52. The van der Waals surface area contributed by atoms with Crippen LogP contribution in [0.2, 0.25) is 0 Å². The predicted molar refractivity (Wildman–Crippen MR) is 54.4 cm³/mol. The summed E-state index contributed by atoms with van der Waals surface area (Å²) in [4.78, 5) is 2.54. The molecule has 0 aromatic rings. The van der Waals surface area contributed by atoms with Gasteiger partial charge in [-0.2, -0.15) is 11.8 Å². The molecule has 2 atom stereocenters. The first kappa shape index (κ1) is 8.60. The van der Waals surface area contributed by atoms with Crippen LogP contribution < -0.4 is 5.73 Å². The Balaban J connectivity index is 1.86. The van der Waals surface area contributed by atoms with Crippen molar-refractivity contribution in [1.82, 2.24) is 4.90 Å². The van der Waals surface area contributed by atoms with Crippen LogP contribution >= 0.6 is 11.8 Å². The second-order valence-electron chi connectivity index (χ2n) is 3.73. The van der Waals surface area contributed by atoms with E-state index in [2.05, 4.69) is 23.2 Å². The molecule has 2 fully saturated rings. The summed E-state index contributed by atoms with van der Waals surface area (Å²) in [5, 5.41) is 0.903. The number of fused-ring (bicyclic) bond motifs is 2. The van der Waals surface area contributed by atoms with Crippen molar-refractivity contribution in [2.45, 2.75) is 17.7 Å². The molecule has 2 aliphatic rings. The Morgan fingerprint density at radius 3 is 3.00 bits per heavy atom. The van der Waals surface area contributed by atoms with E-state index >= 15 is 0 Å². The maximum atomic E-state index is 5.52. The Morgan fingerprint density at radius 1 is 1.67 bits per heavy atom. The van der Waals surface area contributed by atoms with E-state index in [-0.39, 0.29) is 0 Å². The molecule has 0 aromatic carbocycles. The van der Waals surface area contributed by atoms with E-state index in [1.807, 2.05) is 0 Å². The van der Waals surface area contributed by atoms with Crippen molar-refractivity contribution in [3.05, 3.63) is 12.2 Å². The molecule has 2 aliphatic heterocycles. The van der Waals surface area contributed by atoms with Gasteiger partial charge in [-0.05, 0) is 12.0 Å². The maximum absolute atomic E-state index is 5.52. The van der Waals surface area contributed by atoms with Crippen molar-refractivity contribution in [2.75, 3.05) is 25.4 Å². The number of nitrogens with two attached hydrogens (primary N) is 1. The van der Waals surface area contributed by atoms with Crippen LogP contribution in [0.1, 0.15) is 6.42 Å². The third kappa shape index (κ3) is 1.53. The van der Waals surface area contributed by atoms with Gasteiger partial charge in [0.2, 0.25) is 0 Å². The van der Waals surface area contributed by atoms with Gasteiger partial charge in [-0.3, -0.25) is 4.90 Å². The fourth-order valence-corrected chi connectivity index (χ4v) is 3.52. The highest BCUT2D eigenvalue weighted by molar-refractivity contribution is 8.00. The molecule has 0 aliphatic carbocycles. The number of nitrogens with zero attached hydrogens (tertiary/aromatic N) is 1. The Hall–Kier alpha value is 0.0100. The van der Waals surface area contributed by atoms with Crippen LogP contribution in [0.25, 0.3) is 0 Å². The summed E-state index contributed by atoms with van der Waals surface area (Å²) in [7, 11) is 0. The molecule has 2 bridgehead atoms. The Morgan fingerprint density at radius 2 is 2.50 bits per heavy atom. The van der Waals surface area contributed by atoms with Crippen molar-refractivity contribution >= 4 is 11.8 Å². The van der Waals surface area contributed by atoms with Crippen molar-refractivity contribution < 1.29 is 0 Å². The van der Waals surface area contributed by atoms with Crippen molar-refractivity contribution in [2.24, 2.45) is 5.73 Å². The van der Waals surface area contributed by atoms with Crippen molar-refractivity contribution in [3.8, 4) is 0 Å². The van der Waals surface area contributed by atoms with Gasteiger partial charge in [0, 0.05) is 36.7 Å². The van der Waals surface area contributed by atoms with Crippen LogP contribution in [-0.4, -0.2) is 41.6 Å². The second-order valence-corrected chi connectivity index (χ2v) is 5.06. The molecule has 3 heteroatoms. The van der Waals surface area contributed by atoms with Gasteiger partial charge in [0.25, 0.3) is 0 Å². The average Bonchev–Trinajstić information content (AvgIpc) is 2.64. The molecule has 2 nitrogen and oxygen atoms in total. The lowest BCUT2D eigenvalue weighted by atomic mass is 10.2. The van der Waals surface area contributed by atoms with E-state index in [1.165, 1.54) is 24.3 Å². The second kappa shape index (κ2) is 3.40. The zero-order valence-electron chi connectivity index (χ0n) is 7.33. The molecule has 0 spiro atoms. The lowest BCUT2D eigenvalue weighted by molar-refractivity contribution is 0.292. The van der Waals surface area contributed by atoms with Crippen LogP contribution in [0, 0.1) is 0 Å². The summed E-state index contributed by atoms with van der Waals surface area (Å²) in [6, 6.07) is 0.822. The van der Waals surface area contributed by atoms with Crippen LogP contribution in [0.4, 0.5) is 0 Å². The Kier molecular flexibility index (Phi) is 2.44. The number of rotatable bonds is 3. The molecule has 2 unspecified atom stereocenters. The fraction of sp³-hybridized carbons (Fsp3) is 0.778. The highest BCUT2D eigenvalue weighted by Gasteiger charge is 2.37. The molecule has 0 aromatic heterocycles. The van der Waals surface area contributed by atoms with Crippen molar-refractivity contribution in [1.29, 1.82) is 0 Å². The quantitative estimate of drug-likeness (QED) is 0.654. The number of hydrogen-bond acceptors (Lipinski definition) is 3. The van der Waals surface area contributed by atoms with Gasteiger partial charge in [-0.25, -0.2) is 0 Å². The molecular weight excluding hydrogens is 168 g/mol. The van der Waals surface area contributed by atoms with Crippen LogP contribution in [0.3, 0.4) is 0 Å². The zero-order chi connectivity index (χ0) is 8.55. The third-order valence-corrected chi connectivity index (χ3v) is 4.12. The van der Waals surface area contributed by atoms with E-state index in [0.717, 1.165) is 17.8 Å². The smallest absolute Gasteiger partial charge is 0.0206 e. The summed E-state index contributed by atoms with van der Waals surface area (Å²) in [6.07, 6.45) is 1.39. The van der Waals surface area contributed by atoms with E-state index < -0.39 is 0 Å². The molecule has 2 rings (SSSR count). The number of thioether (sulfide) groups is 1. The molecule has 2 saturated heterocycles. The molecule has 2 heterocycles. The lowest BCUT2D eigenvalue weighted by Crippen LogP contribution is -2.36. The molecular formula is C9H16N2S. The van der Waals surface area contributed by atoms with E-state index in [4.69, 9.17) is 5.73 Å². The Labute approximate surface area is 78.2 Å².